The van der Waals surface area contributed by atoms with Gasteiger partial charge in [-0.25, -0.2) is 4.79 Å². The van der Waals surface area contributed by atoms with Gasteiger partial charge in [0.05, 0.1) is 6.61 Å². The lowest BCUT2D eigenvalue weighted by Gasteiger charge is -2.22. The summed E-state index contributed by atoms with van der Waals surface area (Å²) in [5.41, 5.74) is 2.72. The minimum atomic E-state index is -0.394. The molecule has 0 aliphatic carbocycles. The molecule has 0 aliphatic rings. The van der Waals surface area contributed by atoms with E-state index in [0.29, 0.717) is 31.8 Å². The van der Waals surface area contributed by atoms with Crippen LogP contribution < -0.4 is 5.32 Å². The zero-order chi connectivity index (χ0) is 26.6. The highest BCUT2D eigenvalue weighted by molar-refractivity contribution is 5.94. The Hall–Kier alpha value is -2.70. The average molecular weight is 511 g/mol. The maximum Gasteiger partial charge on any atom is 0.334 e. The first kappa shape index (κ1) is 30.5. The Bertz CT molecular complexity index is 871. The Kier molecular flexibility index (Phi) is 16.0. The fourth-order valence-electron chi connectivity index (χ4n) is 4.16. The van der Waals surface area contributed by atoms with Crippen LogP contribution >= 0.6 is 0 Å². The summed E-state index contributed by atoms with van der Waals surface area (Å²) in [4.78, 5) is 30.0. The molecule has 204 valence electrons. The molecule has 2 rings (SSSR count). The molecular formula is C31H46N2O4. The third-order valence-electron chi connectivity index (χ3n) is 6.26. The second-order valence-corrected chi connectivity index (χ2v) is 9.50. The first-order valence-corrected chi connectivity index (χ1v) is 14.1. The van der Waals surface area contributed by atoms with E-state index in [1.54, 1.807) is 12.0 Å². The summed E-state index contributed by atoms with van der Waals surface area (Å²) in [6.07, 6.45) is 12.8. The zero-order valence-corrected chi connectivity index (χ0v) is 22.9. The van der Waals surface area contributed by atoms with E-state index in [-0.39, 0.29) is 12.5 Å². The van der Waals surface area contributed by atoms with Crippen molar-refractivity contribution in [2.24, 2.45) is 0 Å². The van der Waals surface area contributed by atoms with Crippen LogP contribution in [-0.2, 0) is 27.5 Å². The van der Waals surface area contributed by atoms with Crippen LogP contribution in [-0.4, -0.2) is 36.7 Å². The molecule has 6 heteroatoms. The van der Waals surface area contributed by atoms with Gasteiger partial charge in [0.25, 0.3) is 5.91 Å². The molecule has 0 saturated carbocycles. The lowest BCUT2D eigenvalue weighted by molar-refractivity contribution is -0.193. The van der Waals surface area contributed by atoms with E-state index in [1.807, 2.05) is 54.6 Å². The number of carbonyl (C=O) groups is 2. The molecule has 37 heavy (non-hydrogen) atoms. The van der Waals surface area contributed by atoms with Crippen molar-refractivity contribution in [2.45, 2.75) is 91.1 Å². The van der Waals surface area contributed by atoms with Crippen LogP contribution in [0.1, 0.15) is 99.5 Å². The van der Waals surface area contributed by atoms with E-state index in [1.165, 1.54) is 51.4 Å². The number of benzene rings is 2. The van der Waals surface area contributed by atoms with Gasteiger partial charge in [-0.05, 0) is 36.6 Å². The van der Waals surface area contributed by atoms with Gasteiger partial charge in [-0.3, -0.25) is 9.63 Å². The number of hydrogen-bond donors (Lipinski definition) is 1. The molecule has 0 bridgehead atoms. The van der Waals surface area contributed by atoms with E-state index >= 15 is 0 Å². The quantitative estimate of drug-likeness (QED) is 0.120. The molecule has 0 atom stereocenters. The normalized spacial score (nSPS) is 11.0. The summed E-state index contributed by atoms with van der Waals surface area (Å²) in [6, 6.07) is 17.5. The molecule has 2 aromatic rings. The number of hydrogen-bond acceptors (Lipinski definition) is 5. The van der Waals surface area contributed by atoms with Gasteiger partial charge in [-0.1, -0.05) is 107 Å². The van der Waals surface area contributed by atoms with E-state index in [0.717, 1.165) is 24.0 Å². The predicted molar refractivity (Wildman–Crippen MR) is 149 cm³/mol. The molecule has 0 aromatic heterocycles. The van der Waals surface area contributed by atoms with E-state index < -0.39 is 5.97 Å². The maximum atomic E-state index is 12.5. The molecule has 0 saturated heterocycles. The summed E-state index contributed by atoms with van der Waals surface area (Å²) in [6.45, 7) is 5.93. The Morgan fingerprint density at radius 2 is 1.30 bits per heavy atom. The predicted octanol–water partition coefficient (Wildman–Crippen LogP) is 6.83. The third kappa shape index (κ3) is 14.0. The molecule has 1 amide bonds. The highest BCUT2D eigenvalue weighted by atomic mass is 16.7. The van der Waals surface area contributed by atoms with Gasteiger partial charge in [0.2, 0.25) is 0 Å². The van der Waals surface area contributed by atoms with Gasteiger partial charge >= 0.3 is 5.97 Å². The highest BCUT2D eigenvalue weighted by Crippen LogP contribution is 2.13. The molecule has 0 heterocycles. The number of rotatable bonds is 20. The number of ether oxygens (including phenoxy) is 1. The Morgan fingerprint density at radius 3 is 1.89 bits per heavy atom. The number of nitrogens with zero attached hydrogens (tertiary/aromatic N) is 1. The lowest BCUT2D eigenvalue weighted by Crippen LogP contribution is -2.27. The fraction of sp³-hybridized carbons (Fsp3) is 0.548. The van der Waals surface area contributed by atoms with Crippen molar-refractivity contribution in [2.75, 3.05) is 19.8 Å². The summed E-state index contributed by atoms with van der Waals surface area (Å²) >= 11 is 0. The Balaban J connectivity index is 1.72. The fourth-order valence-corrected chi connectivity index (χ4v) is 4.16. The second kappa shape index (κ2) is 19.4. The molecule has 2 aromatic carbocycles. The van der Waals surface area contributed by atoms with Crippen LogP contribution in [0.2, 0.25) is 0 Å². The molecule has 0 spiro atoms. The number of esters is 1. The lowest BCUT2D eigenvalue weighted by atomic mass is 10.1. The van der Waals surface area contributed by atoms with Gasteiger partial charge in [0.1, 0.15) is 0 Å². The minimum Gasteiger partial charge on any atom is -0.464 e. The van der Waals surface area contributed by atoms with Crippen molar-refractivity contribution in [1.29, 1.82) is 0 Å². The summed E-state index contributed by atoms with van der Waals surface area (Å²) in [5, 5.41) is 4.78. The number of unbranched alkanes of at least 4 members (excludes halogenated alkanes) is 9. The first-order valence-electron chi connectivity index (χ1n) is 14.1. The SMILES string of the molecule is CCCCCCCCCCCCNC(=O)c1ccc(CN(Cc2ccccc2)OCC(=O)OCC)cc1. The van der Waals surface area contributed by atoms with E-state index in [2.05, 4.69) is 12.2 Å². The van der Waals surface area contributed by atoms with Crippen LogP contribution in [0, 0.1) is 0 Å². The van der Waals surface area contributed by atoms with Crippen LogP contribution in [0.4, 0.5) is 0 Å². The monoisotopic (exact) mass is 510 g/mol. The first-order chi connectivity index (χ1) is 18.1. The van der Waals surface area contributed by atoms with Crippen LogP contribution in [0.25, 0.3) is 0 Å². The van der Waals surface area contributed by atoms with Crippen molar-refractivity contribution < 1.29 is 19.2 Å². The molecular weight excluding hydrogens is 464 g/mol. The topological polar surface area (TPSA) is 67.9 Å². The maximum absolute atomic E-state index is 12.5. The molecule has 0 radical (unpaired) electrons. The molecule has 1 N–H and O–H groups in total. The van der Waals surface area contributed by atoms with Crippen LogP contribution in [0.3, 0.4) is 0 Å². The minimum absolute atomic E-state index is 0.0397. The number of amides is 1. The van der Waals surface area contributed by atoms with Crippen molar-refractivity contribution >= 4 is 11.9 Å². The summed E-state index contributed by atoms with van der Waals surface area (Å²) in [7, 11) is 0. The number of carbonyl (C=O) groups excluding carboxylic acids is 2. The Morgan fingerprint density at radius 1 is 0.730 bits per heavy atom. The van der Waals surface area contributed by atoms with Gasteiger partial charge < -0.3 is 10.1 Å². The Labute approximate surface area is 223 Å². The average Bonchev–Trinajstić information content (AvgIpc) is 2.91. The molecule has 6 nitrogen and oxygen atoms in total. The van der Waals surface area contributed by atoms with Gasteiger partial charge in [-0.2, -0.15) is 5.06 Å². The largest absolute Gasteiger partial charge is 0.464 e. The van der Waals surface area contributed by atoms with E-state index in [4.69, 9.17) is 9.57 Å². The van der Waals surface area contributed by atoms with Gasteiger partial charge in [0, 0.05) is 25.2 Å². The van der Waals surface area contributed by atoms with Crippen LogP contribution in [0.5, 0.6) is 0 Å². The third-order valence-corrected chi connectivity index (χ3v) is 6.26. The van der Waals surface area contributed by atoms with Crippen molar-refractivity contribution in [3.8, 4) is 0 Å². The summed E-state index contributed by atoms with van der Waals surface area (Å²) in [5.74, 6) is -0.433. The smallest absolute Gasteiger partial charge is 0.334 e. The van der Waals surface area contributed by atoms with Crippen molar-refractivity contribution in [1.82, 2.24) is 10.4 Å². The highest BCUT2D eigenvalue weighted by Gasteiger charge is 2.12. The van der Waals surface area contributed by atoms with Crippen molar-refractivity contribution in [3.05, 3.63) is 71.3 Å². The van der Waals surface area contributed by atoms with Crippen LogP contribution in [0.15, 0.2) is 54.6 Å². The second-order valence-electron chi connectivity index (χ2n) is 9.50. The summed E-state index contributed by atoms with van der Waals surface area (Å²) < 4.78 is 4.98. The molecule has 0 aliphatic heterocycles. The number of hydroxylamine groups is 2. The standard InChI is InChI=1S/C31H46N2O4/c1-3-5-6-7-8-9-10-11-12-16-23-32-31(35)29-21-19-28(20-22-29)25-33(37-26-30(34)36-4-2)24-27-17-14-13-15-18-27/h13-15,17-22H,3-12,16,23-26H2,1-2H3,(H,32,35). The molecule has 0 fully saturated rings. The number of nitrogens with one attached hydrogen (secondary N) is 1. The van der Waals surface area contributed by atoms with Crippen molar-refractivity contribution in [3.63, 3.8) is 0 Å². The molecule has 0 unspecified atom stereocenters. The van der Waals surface area contributed by atoms with Gasteiger partial charge in [-0.15, -0.1) is 0 Å². The zero-order valence-electron chi connectivity index (χ0n) is 22.9. The van der Waals surface area contributed by atoms with E-state index in [9.17, 15) is 9.59 Å². The van der Waals surface area contributed by atoms with Gasteiger partial charge in [0.15, 0.2) is 6.61 Å².